The Hall–Kier alpha value is -1.55. The van der Waals surface area contributed by atoms with Crippen LogP contribution in [0.15, 0.2) is 24.3 Å². The van der Waals surface area contributed by atoms with Crippen LogP contribution in [0.25, 0.3) is 0 Å². The highest BCUT2D eigenvalue weighted by molar-refractivity contribution is 7.47. The number of carbonyl (C=O) groups excluding carboxylic acids is 2. The molecular weight excluding hydrogens is 693 g/mol. The van der Waals surface area contributed by atoms with E-state index >= 15 is 0 Å². The molecule has 0 amide bonds. The van der Waals surface area contributed by atoms with E-state index in [0.717, 1.165) is 57.8 Å². The van der Waals surface area contributed by atoms with Crippen molar-refractivity contribution in [3.05, 3.63) is 24.3 Å². The van der Waals surface area contributed by atoms with Gasteiger partial charge in [-0.15, -0.1) is 0 Å². The minimum Gasteiger partial charge on any atom is -0.870 e. The lowest BCUT2D eigenvalue weighted by atomic mass is 10.0. The first kappa shape index (κ1) is 53.6. The lowest BCUT2D eigenvalue weighted by Gasteiger charge is -2.24. The fourth-order valence-corrected chi connectivity index (χ4v) is 6.37. The zero-order valence-corrected chi connectivity index (χ0v) is 35.6. The molecular formula is C42H82NO9P. The largest absolute Gasteiger partial charge is 0.870 e. The van der Waals surface area contributed by atoms with Gasteiger partial charge in [-0.3, -0.25) is 18.6 Å². The second kappa shape index (κ2) is 37.4. The zero-order chi connectivity index (χ0) is 38.6. The number of hydrogen-bond acceptors (Lipinski definition) is 8. The summed E-state index contributed by atoms with van der Waals surface area (Å²) in [5.74, 6) is -0.810. The maximum absolute atomic E-state index is 12.6. The van der Waals surface area contributed by atoms with Crippen LogP contribution in [0, 0.1) is 0 Å². The van der Waals surface area contributed by atoms with Crippen LogP contribution < -0.4 is 0 Å². The fourth-order valence-electron chi connectivity index (χ4n) is 5.63. The van der Waals surface area contributed by atoms with Gasteiger partial charge in [-0.2, -0.15) is 0 Å². The number of esters is 2. The van der Waals surface area contributed by atoms with Crippen LogP contribution in [0.1, 0.15) is 181 Å². The van der Waals surface area contributed by atoms with Gasteiger partial charge in [-0.05, 0) is 44.9 Å². The third kappa shape index (κ3) is 41.5. The molecule has 53 heavy (non-hydrogen) atoms. The van der Waals surface area contributed by atoms with E-state index in [1.807, 2.05) is 21.1 Å². The van der Waals surface area contributed by atoms with E-state index in [-0.39, 0.29) is 37.5 Å². The third-order valence-corrected chi connectivity index (χ3v) is 9.97. The Balaban J connectivity index is 0. The summed E-state index contributed by atoms with van der Waals surface area (Å²) in [6.07, 6.45) is 36.4. The molecule has 11 heteroatoms. The Morgan fingerprint density at radius 2 is 1.04 bits per heavy atom. The van der Waals surface area contributed by atoms with Crippen molar-refractivity contribution in [1.82, 2.24) is 0 Å². The summed E-state index contributed by atoms with van der Waals surface area (Å²) in [6.45, 7) is 4.38. The molecule has 10 nitrogen and oxygen atoms in total. The highest BCUT2D eigenvalue weighted by Crippen LogP contribution is 2.43. The van der Waals surface area contributed by atoms with Crippen LogP contribution in [0.4, 0.5) is 0 Å². The van der Waals surface area contributed by atoms with Gasteiger partial charge in [0.05, 0.1) is 27.7 Å². The molecule has 0 aromatic heterocycles. The summed E-state index contributed by atoms with van der Waals surface area (Å²) in [4.78, 5) is 35.3. The molecule has 0 fully saturated rings. The number of likely N-dealkylation sites (N-methyl/N-ethyl adjacent to an activating group) is 1. The first-order valence-electron chi connectivity index (χ1n) is 21.1. The van der Waals surface area contributed by atoms with Crippen LogP contribution in [0.2, 0.25) is 0 Å². The molecule has 0 rings (SSSR count). The number of phosphoric acid groups is 1. The van der Waals surface area contributed by atoms with Crippen LogP contribution >= 0.6 is 7.82 Å². The molecule has 0 aliphatic rings. The van der Waals surface area contributed by atoms with Crippen molar-refractivity contribution in [1.29, 1.82) is 0 Å². The van der Waals surface area contributed by atoms with Crippen molar-refractivity contribution < 1.29 is 47.5 Å². The van der Waals surface area contributed by atoms with Gasteiger partial charge in [0.2, 0.25) is 0 Å². The van der Waals surface area contributed by atoms with Gasteiger partial charge in [0, 0.05) is 12.8 Å². The summed E-state index contributed by atoms with van der Waals surface area (Å²) < 4.78 is 34.2. The Bertz CT molecular complexity index is 951. The normalized spacial score (nSPS) is 13.6. The molecule has 0 spiro atoms. The second-order valence-corrected chi connectivity index (χ2v) is 16.8. The molecule has 0 aromatic carbocycles. The van der Waals surface area contributed by atoms with Crippen LogP contribution in [-0.2, 0) is 32.7 Å². The lowest BCUT2D eigenvalue weighted by Crippen LogP contribution is -2.37. The van der Waals surface area contributed by atoms with Crippen molar-refractivity contribution in [2.24, 2.45) is 0 Å². The number of hydrogen-bond donors (Lipinski definition) is 1. The molecule has 0 heterocycles. The number of allylic oxidation sites excluding steroid dienone is 4. The van der Waals surface area contributed by atoms with Crippen LogP contribution in [0.3, 0.4) is 0 Å². The van der Waals surface area contributed by atoms with Gasteiger partial charge in [-0.25, -0.2) is 4.57 Å². The number of ether oxygens (including phenoxy) is 2. The molecule has 2 atom stereocenters. The monoisotopic (exact) mass is 776 g/mol. The molecule has 0 radical (unpaired) electrons. The van der Waals surface area contributed by atoms with Crippen molar-refractivity contribution in [3.8, 4) is 0 Å². The molecule has 314 valence electrons. The molecule has 2 unspecified atom stereocenters. The summed E-state index contributed by atoms with van der Waals surface area (Å²) in [5.41, 5.74) is 0. The summed E-state index contributed by atoms with van der Waals surface area (Å²) in [6, 6.07) is 0. The number of carbonyl (C=O) groups is 2. The zero-order valence-electron chi connectivity index (χ0n) is 34.7. The summed E-state index contributed by atoms with van der Waals surface area (Å²) in [5, 5.41) is 0. The maximum atomic E-state index is 12.6. The van der Waals surface area contributed by atoms with E-state index in [9.17, 15) is 19.0 Å². The van der Waals surface area contributed by atoms with E-state index in [2.05, 4.69) is 38.2 Å². The Morgan fingerprint density at radius 1 is 0.604 bits per heavy atom. The predicted octanol–water partition coefficient (Wildman–Crippen LogP) is 11.4. The average Bonchev–Trinajstić information content (AvgIpc) is 3.09. The third-order valence-electron chi connectivity index (χ3n) is 8.98. The first-order chi connectivity index (χ1) is 25.0. The number of phosphoric ester groups is 1. The molecule has 0 saturated carbocycles. The SMILES string of the molecule is CCCCC/C=C\C/C=C\CCCCCCCC(=O)OCC(COP(=O)(O)OCC[N+](C)(C)C)OC(=O)CCCCCCCCCCCCCCC.[OH-]. The molecule has 0 saturated heterocycles. The second-order valence-electron chi connectivity index (χ2n) is 15.4. The van der Waals surface area contributed by atoms with Crippen molar-refractivity contribution in [3.63, 3.8) is 0 Å². The number of quaternary nitrogens is 1. The van der Waals surface area contributed by atoms with Crippen molar-refractivity contribution in [2.75, 3.05) is 47.5 Å². The smallest absolute Gasteiger partial charge is 0.472 e. The Morgan fingerprint density at radius 3 is 1.55 bits per heavy atom. The predicted molar refractivity (Wildman–Crippen MR) is 217 cm³/mol. The fraction of sp³-hybridized carbons (Fsp3) is 0.857. The Labute approximate surface area is 325 Å². The molecule has 0 aliphatic heterocycles. The van der Waals surface area contributed by atoms with Gasteiger partial charge >= 0.3 is 19.8 Å². The van der Waals surface area contributed by atoms with Crippen molar-refractivity contribution in [2.45, 2.75) is 187 Å². The standard InChI is InChI=1S/C42H80NO8P.H2O/c1-6-8-10-12-14-16-18-20-21-23-24-26-28-30-32-34-41(44)48-38-40(39-50-52(46,47)49-37-36-43(3,4)5)51-42(45)35-33-31-29-27-25-22-19-17-15-13-11-9-7-2;/h14,16,20-21,40H,6-13,15,17-19,22-39H2,1-5H3;1H2/b16-14-,21-20-;. The first-order valence-corrected chi connectivity index (χ1v) is 22.6. The molecule has 0 aromatic rings. The average molecular weight is 776 g/mol. The van der Waals surface area contributed by atoms with Gasteiger partial charge < -0.3 is 24.3 Å². The van der Waals surface area contributed by atoms with Gasteiger partial charge in [0.15, 0.2) is 6.10 Å². The molecule has 2 N–H and O–H groups in total. The molecule has 0 bridgehead atoms. The van der Waals surface area contributed by atoms with Crippen molar-refractivity contribution >= 4 is 19.8 Å². The van der Waals surface area contributed by atoms with Gasteiger partial charge in [0.25, 0.3) is 0 Å². The quantitative estimate of drug-likeness (QED) is 0.0213. The number of rotatable bonds is 38. The number of unbranched alkanes of at least 4 members (excludes halogenated alkanes) is 20. The lowest BCUT2D eigenvalue weighted by molar-refractivity contribution is -0.870. The highest BCUT2D eigenvalue weighted by atomic mass is 31.2. The van der Waals surface area contributed by atoms with E-state index in [1.165, 1.54) is 89.9 Å². The van der Waals surface area contributed by atoms with E-state index in [4.69, 9.17) is 18.5 Å². The number of nitrogens with zero attached hydrogens (tertiary/aromatic N) is 1. The maximum Gasteiger partial charge on any atom is 0.472 e. The Kier molecular flexibility index (Phi) is 37.8. The van der Waals surface area contributed by atoms with Gasteiger partial charge in [0.1, 0.15) is 19.8 Å². The van der Waals surface area contributed by atoms with Crippen LogP contribution in [-0.4, -0.2) is 80.4 Å². The van der Waals surface area contributed by atoms with Gasteiger partial charge in [-0.1, -0.05) is 147 Å². The summed E-state index contributed by atoms with van der Waals surface area (Å²) >= 11 is 0. The molecule has 0 aliphatic carbocycles. The minimum atomic E-state index is -4.37. The van der Waals surface area contributed by atoms with E-state index in [1.54, 1.807) is 0 Å². The highest BCUT2D eigenvalue weighted by Gasteiger charge is 2.27. The minimum absolute atomic E-state index is 0. The topological polar surface area (TPSA) is 138 Å². The van der Waals surface area contributed by atoms with E-state index < -0.39 is 26.5 Å². The summed E-state index contributed by atoms with van der Waals surface area (Å²) in [7, 11) is 1.47. The van der Waals surface area contributed by atoms with E-state index in [0.29, 0.717) is 17.4 Å². The van der Waals surface area contributed by atoms with Crippen LogP contribution in [0.5, 0.6) is 0 Å².